The Balaban J connectivity index is 2.38. The van der Waals surface area contributed by atoms with Crippen LogP contribution in [0.3, 0.4) is 0 Å². The molecule has 0 aromatic heterocycles. The molecule has 5 heteroatoms. The number of aliphatic hydroxyl groups is 2. The van der Waals surface area contributed by atoms with Crippen LogP contribution in [0.4, 0.5) is 0 Å². The summed E-state index contributed by atoms with van der Waals surface area (Å²) in [6.45, 7) is 4.71. The number of nitrogens with zero attached hydrogens (tertiary/aromatic N) is 1. The topological polar surface area (TPSA) is 81.8 Å². The fraction of sp³-hybridized carbons (Fsp3) is 1.00. The molecule has 1 saturated heterocycles. The van der Waals surface area contributed by atoms with Gasteiger partial charge in [0.05, 0.1) is 6.61 Å². The first-order chi connectivity index (χ1) is 7.80. The SMILES string of the molecule is NCCN1CC(CCO)CC(NCCO)C1. The lowest BCUT2D eigenvalue weighted by Gasteiger charge is -2.38. The van der Waals surface area contributed by atoms with E-state index in [2.05, 4.69) is 10.2 Å². The summed E-state index contributed by atoms with van der Waals surface area (Å²) in [5.74, 6) is 0.543. The summed E-state index contributed by atoms with van der Waals surface area (Å²) in [5, 5.41) is 21.1. The molecule has 0 radical (unpaired) electrons. The number of piperidine rings is 1. The molecular weight excluding hydrogens is 206 g/mol. The second kappa shape index (κ2) is 7.97. The Bertz CT molecular complexity index is 167. The van der Waals surface area contributed by atoms with Gasteiger partial charge in [0.25, 0.3) is 0 Å². The second-order valence-electron chi connectivity index (χ2n) is 4.54. The van der Waals surface area contributed by atoms with Crippen molar-refractivity contribution in [3.63, 3.8) is 0 Å². The molecule has 96 valence electrons. The quantitative estimate of drug-likeness (QED) is 0.433. The average Bonchev–Trinajstić information content (AvgIpc) is 2.27. The van der Waals surface area contributed by atoms with E-state index in [1.165, 1.54) is 0 Å². The molecule has 1 rings (SSSR count). The Morgan fingerprint density at radius 1 is 1.25 bits per heavy atom. The standard InChI is InChI=1S/C11H25N3O2/c12-2-4-14-8-10(1-5-15)7-11(9-14)13-3-6-16/h10-11,13,15-16H,1-9,12H2. The highest BCUT2D eigenvalue weighted by Crippen LogP contribution is 2.19. The molecule has 2 atom stereocenters. The van der Waals surface area contributed by atoms with Crippen molar-refractivity contribution in [2.75, 3.05) is 45.9 Å². The lowest BCUT2D eigenvalue weighted by atomic mass is 9.91. The third kappa shape index (κ3) is 4.76. The molecule has 0 saturated carbocycles. The number of likely N-dealkylation sites (tertiary alicyclic amines) is 1. The first-order valence-electron chi connectivity index (χ1n) is 6.17. The van der Waals surface area contributed by atoms with Crippen LogP contribution in [0.1, 0.15) is 12.8 Å². The van der Waals surface area contributed by atoms with E-state index in [0.29, 0.717) is 25.0 Å². The maximum absolute atomic E-state index is 8.99. The number of hydrogen-bond acceptors (Lipinski definition) is 5. The van der Waals surface area contributed by atoms with Crippen LogP contribution >= 0.6 is 0 Å². The molecule has 0 spiro atoms. The molecule has 0 aromatic carbocycles. The van der Waals surface area contributed by atoms with Crippen molar-refractivity contribution < 1.29 is 10.2 Å². The molecular formula is C11H25N3O2. The summed E-state index contributed by atoms with van der Waals surface area (Å²) in [5.41, 5.74) is 5.57. The van der Waals surface area contributed by atoms with Crippen molar-refractivity contribution in [2.24, 2.45) is 11.7 Å². The molecule has 5 nitrogen and oxygen atoms in total. The van der Waals surface area contributed by atoms with Crippen LogP contribution < -0.4 is 11.1 Å². The molecule has 0 amide bonds. The van der Waals surface area contributed by atoms with Crippen molar-refractivity contribution in [1.82, 2.24) is 10.2 Å². The Morgan fingerprint density at radius 3 is 2.69 bits per heavy atom. The average molecular weight is 231 g/mol. The van der Waals surface area contributed by atoms with Crippen LogP contribution in [0.2, 0.25) is 0 Å². The van der Waals surface area contributed by atoms with Gasteiger partial charge in [0.15, 0.2) is 0 Å². The number of nitrogens with two attached hydrogens (primary N) is 1. The monoisotopic (exact) mass is 231 g/mol. The summed E-state index contributed by atoms with van der Waals surface area (Å²) in [4.78, 5) is 2.35. The summed E-state index contributed by atoms with van der Waals surface area (Å²) >= 11 is 0. The molecule has 16 heavy (non-hydrogen) atoms. The number of rotatable bonds is 7. The highest BCUT2D eigenvalue weighted by molar-refractivity contribution is 4.83. The molecule has 1 aliphatic rings. The van der Waals surface area contributed by atoms with Crippen LogP contribution in [0.25, 0.3) is 0 Å². The Morgan fingerprint density at radius 2 is 2.06 bits per heavy atom. The zero-order valence-electron chi connectivity index (χ0n) is 9.94. The van der Waals surface area contributed by atoms with Gasteiger partial charge in [-0.1, -0.05) is 0 Å². The summed E-state index contributed by atoms with van der Waals surface area (Å²) in [6, 6.07) is 0.420. The van der Waals surface area contributed by atoms with Gasteiger partial charge in [-0.25, -0.2) is 0 Å². The van der Waals surface area contributed by atoms with Crippen molar-refractivity contribution in [3.05, 3.63) is 0 Å². The minimum absolute atomic E-state index is 0.179. The van der Waals surface area contributed by atoms with E-state index < -0.39 is 0 Å². The zero-order valence-corrected chi connectivity index (χ0v) is 9.94. The van der Waals surface area contributed by atoms with E-state index in [0.717, 1.165) is 32.5 Å². The molecule has 1 fully saturated rings. The third-order valence-electron chi connectivity index (χ3n) is 3.14. The minimum Gasteiger partial charge on any atom is -0.396 e. The van der Waals surface area contributed by atoms with Gasteiger partial charge in [0.2, 0.25) is 0 Å². The Labute approximate surface area is 97.6 Å². The largest absolute Gasteiger partial charge is 0.396 e. The summed E-state index contributed by atoms with van der Waals surface area (Å²) in [7, 11) is 0. The molecule has 0 aromatic rings. The van der Waals surface area contributed by atoms with E-state index in [4.69, 9.17) is 15.9 Å². The molecule has 2 unspecified atom stereocenters. The van der Waals surface area contributed by atoms with Gasteiger partial charge in [-0.3, -0.25) is 0 Å². The normalized spacial score (nSPS) is 27.2. The lowest BCUT2D eigenvalue weighted by molar-refractivity contribution is 0.121. The Kier molecular flexibility index (Phi) is 6.91. The first kappa shape index (κ1) is 13.9. The van der Waals surface area contributed by atoms with Gasteiger partial charge in [0, 0.05) is 45.4 Å². The summed E-state index contributed by atoms with van der Waals surface area (Å²) in [6.07, 6.45) is 1.94. The van der Waals surface area contributed by atoms with E-state index in [1.54, 1.807) is 0 Å². The lowest BCUT2D eigenvalue weighted by Crippen LogP contribution is -2.51. The van der Waals surface area contributed by atoms with Crippen molar-refractivity contribution in [2.45, 2.75) is 18.9 Å². The van der Waals surface area contributed by atoms with Crippen molar-refractivity contribution in [3.8, 4) is 0 Å². The first-order valence-corrected chi connectivity index (χ1v) is 6.17. The van der Waals surface area contributed by atoms with Gasteiger partial charge >= 0.3 is 0 Å². The second-order valence-corrected chi connectivity index (χ2v) is 4.54. The van der Waals surface area contributed by atoms with Crippen molar-refractivity contribution in [1.29, 1.82) is 0 Å². The van der Waals surface area contributed by atoms with Crippen LogP contribution in [0, 0.1) is 5.92 Å². The predicted molar refractivity (Wildman–Crippen MR) is 64.2 cm³/mol. The number of nitrogens with one attached hydrogen (secondary N) is 1. The highest BCUT2D eigenvalue weighted by Gasteiger charge is 2.25. The predicted octanol–water partition coefficient (Wildman–Crippen LogP) is -1.40. The molecule has 5 N–H and O–H groups in total. The molecule has 0 aliphatic carbocycles. The third-order valence-corrected chi connectivity index (χ3v) is 3.14. The Hall–Kier alpha value is -0.200. The number of hydrogen-bond donors (Lipinski definition) is 4. The smallest absolute Gasteiger partial charge is 0.0556 e. The van der Waals surface area contributed by atoms with Gasteiger partial charge in [-0.05, 0) is 18.8 Å². The van der Waals surface area contributed by atoms with Crippen molar-refractivity contribution >= 4 is 0 Å². The van der Waals surface area contributed by atoms with Crippen LogP contribution in [-0.4, -0.2) is 67.1 Å². The van der Waals surface area contributed by atoms with Crippen LogP contribution in [0.5, 0.6) is 0 Å². The molecule has 1 heterocycles. The zero-order chi connectivity index (χ0) is 11.8. The van der Waals surface area contributed by atoms with E-state index in [-0.39, 0.29) is 13.2 Å². The van der Waals surface area contributed by atoms with Gasteiger partial charge in [-0.2, -0.15) is 0 Å². The van der Waals surface area contributed by atoms with E-state index >= 15 is 0 Å². The number of aliphatic hydroxyl groups excluding tert-OH is 2. The minimum atomic E-state index is 0.179. The fourth-order valence-corrected chi connectivity index (χ4v) is 2.48. The highest BCUT2D eigenvalue weighted by atomic mass is 16.3. The van der Waals surface area contributed by atoms with Gasteiger partial charge in [0.1, 0.15) is 0 Å². The van der Waals surface area contributed by atoms with E-state index in [1.807, 2.05) is 0 Å². The van der Waals surface area contributed by atoms with Gasteiger partial charge in [-0.15, -0.1) is 0 Å². The van der Waals surface area contributed by atoms with Gasteiger partial charge < -0.3 is 26.2 Å². The molecule has 0 bridgehead atoms. The fourth-order valence-electron chi connectivity index (χ4n) is 2.48. The maximum atomic E-state index is 8.99. The van der Waals surface area contributed by atoms with Crippen LogP contribution in [0.15, 0.2) is 0 Å². The van der Waals surface area contributed by atoms with E-state index in [9.17, 15) is 0 Å². The molecule has 1 aliphatic heterocycles. The van der Waals surface area contributed by atoms with Crippen LogP contribution in [-0.2, 0) is 0 Å². The summed E-state index contributed by atoms with van der Waals surface area (Å²) < 4.78 is 0. The maximum Gasteiger partial charge on any atom is 0.0556 e.